The molecule has 0 fully saturated rings. The Morgan fingerprint density at radius 3 is 2.28 bits per heavy atom. The average Bonchev–Trinajstić information content (AvgIpc) is 2.56. The van der Waals surface area contributed by atoms with Crippen LogP contribution < -0.4 is 11.5 Å². The molecule has 0 spiro atoms. The van der Waals surface area contributed by atoms with Crippen LogP contribution in [0.2, 0.25) is 10.0 Å². The Morgan fingerprint density at radius 1 is 1.24 bits per heavy atom. The number of amides is 1. The molecule has 0 saturated carbocycles. The summed E-state index contributed by atoms with van der Waals surface area (Å²) in [6.45, 7) is 0. The van der Waals surface area contributed by atoms with Crippen molar-refractivity contribution in [2.75, 3.05) is 11.5 Å². The largest absolute Gasteiger partial charge is 0.505 e. The van der Waals surface area contributed by atoms with Crippen LogP contribution in [-0.2, 0) is 4.79 Å². The van der Waals surface area contributed by atoms with Gasteiger partial charge in [-0.2, -0.15) is 10.5 Å². The van der Waals surface area contributed by atoms with Gasteiger partial charge in [-0.05, 0) is 17.7 Å². The zero-order valence-electron chi connectivity index (χ0n) is 12.4. The third kappa shape index (κ3) is 3.72. The molecule has 1 heterocycles. The first kappa shape index (κ1) is 18.7. The number of hydrogen-bond donors (Lipinski definition) is 3. The lowest BCUT2D eigenvalue weighted by atomic mass is 9.97. The van der Waals surface area contributed by atoms with Gasteiger partial charge in [0.05, 0.1) is 21.4 Å². The highest BCUT2D eigenvalue weighted by atomic mass is 35.5. The maximum Gasteiger partial charge on any atom is 0.227 e. The fraction of sp³-hybridized carbons (Fsp3) is 0.0667. The number of pyridine rings is 1. The number of aromatic nitrogens is 1. The van der Waals surface area contributed by atoms with Crippen LogP contribution in [0.1, 0.15) is 11.1 Å². The van der Waals surface area contributed by atoms with E-state index in [2.05, 4.69) is 4.98 Å². The topological polar surface area (TPSA) is 150 Å². The highest BCUT2D eigenvalue weighted by Crippen LogP contribution is 2.41. The lowest BCUT2D eigenvalue weighted by Crippen LogP contribution is -2.14. The van der Waals surface area contributed by atoms with Crippen LogP contribution in [0.15, 0.2) is 17.2 Å². The van der Waals surface area contributed by atoms with Gasteiger partial charge in [0.2, 0.25) is 5.91 Å². The number of halogens is 2. The number of phenolic OH excluding ortho intramolecular Hbond substituents is 1. The van der Waals surface area contributed by atoms with Gasteiger partial charge in [-0.15, -0.1) is 0 Å². The molecular formula is C15H9Cl2N5O2S. The Morgan fingerprint density at radius 2 is 1.80 bits per heavy atom. The molecule has 2 rings (SSSR count). The van der Waals surface area contributed by atoms with Crippen LogP contribution in [0.25, 0.3) is 11.1 Å². The summed E-state index contributed by atoms with van der Waals surface area (Å²) < 4.78 is 0. The summed E-state index contributed by atoms with van der Waals surface area (Å²) in [5, 5.41) is 28.7. The molecule has 1 aromatic carbocycles. The molecule has 0 atom stereocenters. The third-order valence-corrected chi connectivity index (χ3v) is 4.65. The number of carbonyl (C=O) groups is 1. The molecule has 0 aliphatic rings. The fourth-order valence-electron chi connectivity index (χ4n) is 2.04. The summed E-state index contributed by atoms with van der Waals surface area (Å²) in [4.78, 5) is 15.0. The van der Waals surface area contributed by atoms with Crippen molar-refractivity contribution in [1.29, 1.82) is 10.5 Å². The van der Waals surface area contributed by atoms with Gasteiger partial charge in [0.25, 0.3) is 0 Å². The molecule has 25 heavy (non-hydrogen) atoms. The zero-order chi connectivity index (χ0) is 18.7. The quantitative estimate of drug-likeness (QED) is 0.675. The minimum absolute atomic E-state index is 0.0230. The monoisotopic (exact) mass is 393 g/mol. The lowest BCUT2D eigenvalue weighted by Gasteiger charge is -2.13. The van der Waals surface area contributed by atoms with Crippen molar-refractivity contribution >= 4 is 46.7 Å². The van der Waals surface area contributed by atoms with Crippen LogP contribution in [0.3, 0.4) is 0 Å². The van der Waals surface area contributed by atoms with Crippen LogP contribution in [0, 0.1) is 22.7 Å². The summed E-state index contributed by atoms with van der Waals surface area (Å²) >= 11 is 12.8. The standard InChI is InChI=1S/C15H9Cl2N5O2S/c16-9-1-6(2-10(17)13(9)24)12-7(3-18)14(21)22-15(8(12)4-19)25-5-11(20)23/h1-2,24H,5H2,(H2,20,23)(H2,21,22). The second-order valence-corrected chi connectivity index (χ2v) is 6.47. The van der Waals surface area contributed by atoms with Gasteiger partial charge < -0.3 is 16.6 Å². The number of carbonyl (C=O) groups excluding carboxylic acids is 1. The van der Waals surface area contributed by atoms with Crippen LogP contribution in [0.4, 0.5) is 5.82 Å². The second kappa shape index (κ2) is 7.49. The van der Waals surface area contributed by atoms with Crippen LogP contribution in [-0.4, -0.2) is 21.8 Å². The predicted octanol–water partition coefficient (Wildman–Crippen LogP) is 2.66. The molecule has 126 valence electrons. The van der Waals surface area contributed by atoms with Crippen LogP contribution in [0.5, 0.6) is 5.75 Å². The maximum absolute atomic E-state index is 11.0. The number of anilines is 1. The first-order valence-corrected chi connectivity index (χ1v) is 8.27. The van der Waals surface area contributed by atoms with Crippen molar-refractivity contribution in [3.63, 3.8) is 0 Å². The summed E-state index contributed by atoms with van der Waals surface area (Å²) in [6.07, 6.45) is 0. The molecular weight excluding hydrogens is 385 g/mol. The van der Waals surface area contributed by atoms with Crippen LogP contribution >= 0.6 is 35.0 Å². The average molecular weight is 394 g/mol. The summed E-state index contributed by atoms with van der Waals surface area (Å²) in [6, 6.07) is 6.54. The normalized spacial score (nSPS) is 10.1. The molecule has 1 aromatic heterocycles. The number of thioether (sulfide) groups is 1. The van der Waals surface area contributed by atoms with Gasteiger partial charge in [0.1, 0.15) is 28.5 Å². The van der Waals surface area contributed by atoms with E-state index >= 15 is 0 Å². The molecule has 7 nitrogen and oxygen atoms in total. The molecule has 1 amide bonds. The number of rotatable bonds is 4. The summed E-state index contributed by atoms with van der Waals surface area (Å²) in [5.74, 6) is -1.17. The molecule has 0 aliphatic carbocycles. The first-order valence-electron chi connectivity index (χ1n) is 6.53. The maximum atomic E-state index is 11.0. The molecule has 0 bridgehead atoms. The Hall–Kier alpha value is -2.65. The Labute approximate surface area is 156 Å². The number of nitrogens with two attached hydrogens (primary N) is 2. The van der Waals surface area contributed by atoms with Gasteiger partial charge in [0, 0.05) is 5.56 Å². The van der Waals surface area contributed by atoms with E-state index in [1.54, 1.807) is 0 Å². The van der Waals surface area contributed by atoms with E-state index in [4.69, 9.17) is 34.7 Å². The van der Waals surface area contributed by atoms with Gasteiger partial charge in [-0.25, -0.2) is 4.98 Å². The summed E-state index contributed by atoms with van der Waals surface area (Å²) in [5.41, 5.74) is 11.4. The summed E-state index contributed by atoms with van der Waals surface area (Å²) in [7, 11) is 0. The SMILES string of the molecule is N#Cc1c(N)nc(SCC(N)=O)c(C#N)c1-c1cc(Cl)c(O)c(Cl)c1. The van der Waals surface area contributed by atoms with E-state index in [-0.39, 0.29) is 49.1 Å². The first-order chi connectivity index (χ1) is 11.8. The van der Waals surface area contributed by atoms with Crippen molar-refractivity contribution in [2.45, 2.75) is 5.03 Å². The van der Waals surface area contributed by atoms with E-state index in [1.165, 1.54) is 12.1 Å². The van der Waals surface area contributed by atoms with Gasteiger partial charge >= 0.3 is 0 Å². The van der Waals surface area contributed by atoms with Crippen molar-refractivity contribution in [3.05, 3.63) is 33.3 Å². The number of nitrogens with zero attached hydrogens (tertiary/aromatic N) is 3. The smallest absolute Gasteiger partial charge is 0.227 e. The molecule has 0 aliphatic heterocycles. The second-order valence-electron chi connectivity index (χ2n) is 4.69. The number of nitriles is 2. The number of phenols is 1. The zero-order valence-corrected chi connectivity index (χ0v) is 14.7. The van der Waals surface area contributed by atoms with Gasteiger partial charge in [-0.3, -0.25) is 4.79 Å². The minimum Gasteiger partial charge on any atom is -0.505 e. The van der Waals surface area contributed by atoms with E-state index in [9.17, 15) is 20.4 Å². The Kier molecular flexibility index (Phi) is 5.60. The number of benzene rings is 1. The van der Waals surface area contributed by atoms with Crippen molar-refractivity contribution in [1.82, 2.24) is 4.98 Å². The minimum atomic E-state index is -0.601. The fourth-order valence-corrected chi connectivity index (χ4v) is 3.26. The van der Waals surface area contributed by atoms with Crippen molar-refractivity contribution in [2.24, 2.45) is 5.73 Å². The lowest BCUT2D eigenvalue weighted by molar-refractivity contribution is -0.115. The molecule has 0 unspecified atom stereocenters. The van der Waals surface area contributed by atoms with Crippen molar-refractivity contribution in [3.8, 4) is 29.0 Å². The van der Waals surface area contributed by atoms with Gasteiger partial charge in [-0.1, -0.05) is 35.0 Å². The van der Waals surface area contributed by atoms with E-state index < -0.39 is 5.91 Å². The molecule has 2 aromatic rings. The molecule has 0 saturated heterocycles. The van der Waals surface area contributed by atoms with E-state index in [0.717, 1.165) is 11.8 Å². The third-order valence-electron chi connectivity index (χ3n) is 3.07. The molecule has 10 heteroatoms. The number of hydrogen-bond acceptors (Lipinski definition) is 7. The number of primary amides is 1. The van der Waals surface area contributed by atoms with Gasteiger partial charge in [0.15, 0.2) is 5.75 Å². The number of aromatic hydroxyl groups is 1. The Balaban J connectivity index is 2.81. The highest BCUT2D eigenvalue weighted by Gasteiger charge is 2.22. The van der Waals surface area contributed by atoms with E-state index in [1.807, 2.05) is 12.1 Å². The Bertz CT molecular complexity index is 943. The molecule has 5 N–H and O–H groups in total. The van der Waals surface area contributed by atoms with E-state index in [0.29, 0.717) is 5.56 Å². The predicted molar refractivity (Wildman–Crippen MR) is 95.1 cm³/mol. The highest BCUT2D eigenvalue weighted by molar-refractivity contribution is 8.00. The van der Waals surface area contributed by atoms with Crippen molar-refractivity contribution < 1.29 is 9.90 Å². The molecule has 0 radical (unpaired) electrons. The number of nitrogen functional groups attached to an aromatic ring is 1.